The second kappa shape index (κ2) is 6.26. The van der Waals surface area contributed by atoms with Crippen molar-refractivity contribution in [3.05, 3.63) is 48.3 Å². The van der Waals surface area contributed by atoms with Crippen LogP contribution in [-0.2, 0) is 11.3 Å². The molecule has 0 aliphatic rings. The van der Waals surface area contributed by atoms with Gasteiger partial charge in [-0.15, -0.1) is 0 Å². The molecule has 1 aromatic heterocycles. The molecular weight excluding hydrogens is 246 g/mol. The smallest absolute Gasteiger partial charge is 0.221 e. The second-order valence-electron chi connectivity index (χ2n) is 3.88. The summed E-state index contributed by atoms with van der Waals surface area (Å²) in [5.74, 6) is 0.576. The fraction of sp³-hybridized carbons (Fsp3) is 0.231. The molecule has 0 aliphatic heterocycles. The van der Waals surface area contributed by atoms with Crippen molar-refractivity contribution in [2.45, 2.75) is 13.0 Å². The van der Waals surface area contributed by atoms with Crippen LogP contribution in [0.2, 0.25) is 0 Å². The highest BCUT2D eigenvalue weighted by Gasteiger charge is 2.03. The number of nitrogens with one attached hydrogen (secondary N) is 1. The molecule has 0 bridgehead atoms. The molecule has 0 saturated heterocycles. The molecule has 0 fully saturated rings. The van der Waals surface area contributed by atoms with Crippen molar-refractivity contribution < 1.29 is 4.79 Å². The third kappa shape index (κ3) is 3.37. The van der Waals surface area contributed by atoms with Gasteiger partial charge in [0.2, 0.25) is 5.91 Å². The Kier molecular flexibility index (Phi) is 4.41. The SMILES string of the molecule is O=C(CCS)NCc1cnn(-c2ccccc2)c1. The van der Waals surface area contributed by atoms with E-state index in [1.54, 1.807) is 10.9 Å². The number of thiol groups is 1. The Morgan fingerprint density at radius 3 is 2.83 bits per heavy atom. The predicted octanol–water partition coefficient (Wildman–Crippen LogP) is 1.81. The van der Waals surface area contributed by atoms with E-state index in [4.69, 9.17) is 0 Å². The lowest BCUT2D eigenvalue weighted by Crippen LogP contribution is -2.22. The minimum absolute atomic E-state index is 0.0115. The summed E-state index contributed by atoms with van der Waals surface area (Å²) in [6.45, 7) is 0.499. The summed E-state index contributed by atoms with van der Waals surface area (Å²) >= 11 is 4.01. The third-order valence-corrected chi connectivity index (χ3v) is 2.71. The molecule has 0 unspecified atom stereocenters. The molecule has 0 radical (unpaired) electrons. The van der Waals surface area contributed by atoms with Crippen LogP contribution in [0.4, 0.5) is 0 Å². The molecule has 0 aliphatic carbocycles. The molecule has 1 N–H and O–H groups in total. The normalized spacial score (nSPS) is 10.3. The molecule has 94 valence electrons. The van der Waals surface area contributed by atoms with Crippen LogP contribution in [0.25, 0.3) is 5.69 Å². The Labute approximate surface area is 111 Å². The molecule has 4 nitrogen and oxygen atoms in total. The van der Waals surface area contributed by atoms with E-state index in [0.29, 0.717) is 18.7 Å². The zero-order chi connectivity index (χ0) is 12.8. The second-order valence-corrected chi connectivity index (χ2v) is 4.33. The van der Waals surface area contributed by atoms with E-state index in [9.17, 15) is 4.79 Å². The van der Waals surface area contributed by atoms with Crippen LogP contribution in [0.1, 0.15) is 12.0 Å². The Bertz CT molecular complexity index is 510. The van der Waals surface area contributed by atoms with Crippen LogP contribution in [-0.4, -0.2) is 21.4 Å². The van der Waals surface area contributed by atoms with Crippen LogP contribution in [0.15, 0.2) is 42.7 Å². The van der Waals surface area contributed by atoms with Gasteiger partial charge in [0.1, 0.15) is 0 Å². The minimum atomic E-state index is 0.0115. The van der Waals surface area contributed by atoms with E-state index in [2.05, 4.69) is 23.0 Å². The largest absolute Gasteiger partial charge is 0.352 e. The van der Waals surface area contributed by atoms with Gasteiger partial charge in [-0.1, -0.05) is 18.2 Å². The number of amides is 1. The molecule has 1 amide bonds. The molecule has 1 heterocycles. The van der Waals surface area contributed by atoms with Gasteiger partial charge >= 0.3 is 0 Å². The van der Waals surface area contributed by atoms with Crippen molar-refractivity contribution in [3.8, 4) is 5.69 Å². The number of aromatic nitrogens is 2. The topological polar surface area (TPSA) is 46.9 Å². The number of para-hydroxylation sites is 1. The molecular formula is C13H15N3OS. The first-order chi connectivity index (χ1) is 8.79. The Hall–Kier alpha value is -1.75. The van der Waals surface area contributed by atoms with Gasteiger partial charge in [0.25, 0.3) is 0 Å². The number of hydrogen-bond acceptors (Lipinski definition) is 3. The molecule has 2 aromatic rings. The Balaban J connectivity index is 1.97. The minimum Gasteiger partial charge on any atom is -0.352 e. The van der Waals surface area contributed by atoms with Gasteiger partial charge < -0.3 is 5.32 Å². The van der Waals surface area contributed by atoms with Gasteiger partial charge in [-0.05, 0) is 17.9 Å². The van der Waals surface area contributed by atoms with Gasteiger partial charge in [0.05, 0.1) is 11.9 Å². The number of rotatable bonds is 5. The molecule has 2 rings (SSSR count). The molecule has 0 saturated carbocycles. The van der Waals surface area contributed by atoms with Crippen molar-refractivity contribution in [2.24, 2.45) is 0 Å². The Morgan fingerprint density at radius 2 is 2.11 bits per heavy atom. The first kappa shape index (κ1) is 12.7. The van der Waals surface area contributed by atoms with Crippen LogP contribution < -0.4 is 5.32 Å². The highest BCUT2D eigenvalue weighted by atomic mass is 32.1. The maximum Gasteiger partial charge on any atom is 0.221 e. The summed E-state index contributed by atoms with van der Waals surface area (Å²) in [6, 6.07) is 9.86. The highest BCUT2D eigenvalue weighted by Crippen LogP contribution is 2.07. The van der Waals surface area contributed by atoms with E-state index in [1.807, 2.05) is 36.5 Å². The van der Waals surface area contributed by atoms with Crippen LogP contribution >= 0.6 is 12.6 Å². The first-order valence-corrected chi connectivity index (χ1v) is 6.39. The van der Waals surface area contributed by atoms with Crippen LogP contribution in [0, 0.1) is 0 Å². The summed E-state index contributed by atoms with van der Waals surface area (Å²) in [6.07, 6.45) is 4.11. The average molecular weight is 261 g/mol. The molecule has 0 atom stereocenters. The Morgan fingerprint density at radius 1 is 1.33 bits per heavy atom. The van der Waals surface area contributed by atoms with Crippen molar-refractivity contribution >= 4 is 18.5 Å². The van der Waals surface area contributed by atoms with E-state index in [0.717, 1.165) is 11.3 Å². The lowest BCUT2D eigenvalue weighted by Gasteiger charge is -2.01. The predicted molar refractivity (Wildman–Crippen MR) is 73.9 cm³/mol. The summed E-state index contributed by atoms with van der Waals surface area (Å²) in [4.78, 5) is 11.3. The van der Waals surface area contributed by atoms with E-state index in [-0.39, 0.29) is 5.91 Å². The van der Waals surface area contributed by atoms with Gasteiger partial charge in [-0.25, -0.2) is 4.68 Å². The van der Waals surface area contributed by atoms with Crippen molar-refractivity contribution in [3.63, 3.8) is 0 Å². The molecule has 1 aromatic carbocycles. The zero-order valence-corrected chi connectivity index (χ0v) is 10.8. The number of carbonyl (C=O) groups excluding carboxylic acids is 1. The molecule has 5 heteroatoms. The fourth-order valence-electron chi connectivity index (χ4n) is 1.56. The van der Waals surface area contributed by atoms with Crippen molar-refractivity contribution in [1.29, 1.82) is 0 Å². The van der Waals surface area contributed by atoms with Crippen LogP contribution in [0.5, 0.6) is 0 Å². The van der Waals surface area contributed by atoms with Gasteiger partial charge in [0, 0.05) is 24.7 Å². The van der Waals surface area contributed by atoms with Gasteiger partial charge in [-0.2, -0.15) is 17.7 Å². The number of nitrogens with zero attached hydrogens (tertiary/aromatic N) is 2. The molecule has 18 heavy (non-hydrogen) atoms. The van der Waals surface area contributed by atoms with E-state index in [1.165, 1.54) is 0 Å². The third-order valence-electron chi connectivity index (χ3n) is 2.49. The monoisotopic (exact) mass is 261 g/mol. The summed E-state index contributed by atoms with van der Waals surface area (Å²) in [5.41, 5.74) is 1.98. The van der Waals surface area contributed by atoms with E-state index >= 15 is 0 Å². The van der Waals surface area contributed by atoms with Crippen molar-refractivity contribution in [1.82, 2.24) is 15.1 Å². The maximum absolute atomic E-state index is 11.3. The van der Waals surface area contributed by atoms with Gasteiger partial charge in [0.15, 0.2) is 0 Å². The fourth-order valence-corrected chi connectivity index (χ4v) is 1.77. The highest BCUT2D eigenvalue weighted by molar-refractivity contribution is 7.80. The summed E-state index contributed by atoms with van der Waals surface area (Å²) in [5, 5.41) is 7.08. The standard InChI is InChI=1S/C13H15N3OS/c17-13(6-7-18)14-8-11-9-15-16(10-11)12-4-2-1-3-5-12/h1-5,9-10,18H,6-8H2,(H,14,17). The number of hydrogen-bond donors (Lipinski definition) is 2. The average Bonchev–Trinajstić information content (AvgIpc) is 2.87. The zero-order valence-electron chi connectivity index (χ0n) is 9.91. The van der Waals surface area contributed by atoms with E-state index < -0.39 is 0 Å². The van der Waals surface area contributed by atoms with Crippen molar-refractivity contribution in [2.75, 3.05) is 5.75 Å². The quantitative estimate of drug-likeness (QED) is 0.806. The van der Waals surface area contributed by atoms with Gasteiger partial charge in [-0.3, -0.25) is 4.79 Å². The maximum atomic E-state index is 11.3. The lowest BCUT2D eigenvalue weighted by atomic mass is 10.3. The summed E-state index contributed by atoms with van der Waals surface area (Å²) in [7, 11) is 0. The molecule has 0 spiro atoms. The van der Waals surface area contributed by atoms with Crippen LogP contribution in [0.3, 0.4) is 0 Å². The number of benzene rings is 1. The summed E-state index contributed by atoms with van der Waals surface area (Å²) < 4.78 is 1.79. The first-order valence-electron chi connectivity index (χ1n) is 5.76. The lowest BCUT2D eigenvalue weighted by molar-refractivity contribution is -0.120. The number of carbonyl (C=O) groups is 1.